The number of hydrogen-bond donors (Lipinski definition) is 0. The third kappa shape index (κ3) is 3.40. The van der Waals surface area contributed by atoms with Crippen LogP contribution in [0.15, 0.2) is 30.3 Å². The molecule has 0 saturated carbocycles. The minimum atomic E-state index is -2.62. The molecule has 0 aliphatic carbocycles. The van der Waals surface area contributed by atoms with E-state index in [4.69, 9.17) is 4.74 Å². The Bertz CT molecular complexity index is 597. The van der Waals surface area contributed by atoms with E-state index < -0.39 is 18.6 Å². The molecule has 0 spiro atoms. The van der Waals surface area contributed by atoms with Crippen molar-refractivity contribution in [2.75, 3.05) is 26.2 Å². The van der Waals surface area contributed by atoms with Gasteiger partial charge in [0.15, 0.2) is 0 Å². The van der Waals surface area contributed by atoms with Gasteiger partial charge in [0, 0.05) is 18.7 Å². The van der Waals surface area contributed by atoms with Gasteiger partial charge in [0.05, 0.1) is 13.2 Å². The van der Waals surface area contributed by atoms with E-state index in [0.717, 1.165) is 6.42 Å². The third-order valence-electron chi connectivity index (χ3n) is 4.51. The van der Waals surface area contributed by atoms with Gasteiger partial charge in [-0.1, -0.05) is 18.2 Å². The lowest BCUT2D eigenvalue weighted by molar-refractivity contribution is -0.150. The fourth-order valence-electron chi connectivity index (χ4n) is 3.25. The fraction of sp³-hybridized carbons (Fsp3) is 0.529. The van der Waals surface area contributed by atoms with Crippen LogP contribution < -0.4 is 0 Å². The number of rotatable bonds is 3. The highest BCUT2D eigenvalue weighted by molar-refractivity contribution is 5.97. The van der Waals surface area contributed by atoms with Crippen molar-refractivity contribution in [2.24, 2.45) is 0 Å². The molecule has 0 unspecified atom stereocenters. The Morgan fingerprint density at radius 3 is 2.62 bits per heavy atom. The molecule has 3 rings (SSSR count). The number of likely N-dealkylation sites (tertiary alicyclic amines) is 1. The molecule has 2 aliphatic rings. The maximum absolute atomic E-state index is 12.8. The summed E-state index contributed by atoms with van der Waals surface area (Å²) < 4.78 is 30.7. The smallest absolute Gasteiger partial charge is 0.266 e. The fourth-order valence-corrected chi connectivity index (χ4v) is 3.25. The Morgan fingerprint density at radius 2 is 1.92 bits per heavy atom. The van der Waals surface area contributed by atoms with E-state index in [2.05, 4.69) is 0 Å². The summed E-state index contributed by atoms with van der Waals surface area (Å²) in [5, 5.41) is 0. The van der Waals surface area contributed by atoms with Crippen molar-refractivity contribution >= 4 is 11.8 Å². The first-order valence-electron chi connectivity index (χ1n) is 8.12. The van der Waals surface area contributed by atoms with Crippen molar-refractivity contribution in [2.45, 2.75) is 31.4 Å². The number of carbonyl (C=O) groups is 2. The van der Waals surface area contributed by atoms with E-state index in [1.165, 1.54) is 4.90 Å². The maximum atomic E-state index is 12.8. The summed E-state index contributed by atoms with van der Waals surface area (Å²) in [4.78, 5) is 28.3. The molecule has 1 aromatic carbocycles. The second-order valence-corrected chi connectivity index (χ2v) is 6.05. The van der Waals surface area contributed by atoms with E-state index in [1.54, 1.807) is 29.2 Å². The maximum Gasteiger partial charge on any atom is 0.266 e. The van der Waals surface area contributed by atoms with Crippen LogP contribution in [-0.4, -0.2) is 66.4 Å². The lowest BCUT2D eigenvalue weighted by Gasteiger charge is -2.35. The van der Waals surface area contributed by atoms with Crippen LogP contribution in [0.3, 0.4) is 0 Å². The molecule has 2 amide bonds. The molecular formula is C17H20F2N2O3. The Morgan fingerprint density at radius 1 is 1.17 bits per heavy atom. The largest absolute Gasteiger partial charge is 0.369 e. The van der Waals surface area contributed by atoms with Crippen LogP contribution in [0.4, 0.5) is 8.78 Å². The summed E-state index contributed by atoms with van der Waals surface area (Å²) in [6.07, 6.45) is -2.57. The number of carbonyl (C=O) groups excluding carboxylic acids is 2. The first-order chi connectivity index (χ1) is 11.6. The number of benzene rings is 1. The lowest BCUT2D eigenvalue weighted by Crippen LogP contribution is -2.54. The van der Waals surface area contributed by atoms with Crippen LogP contribution in [0.25, 0.3) is 0 Å². The van der Waals surface area contributed by atoms with Crippen molar-refractivity contribution in [3.63, 3.8) is 0 Å². The Balaban J connectivity index is 1.71. The quantitative estimate of drug-likeness (QED) is 0.844. The summed E-state index contributed by atoms with van der Waals surface area (Å²) >= 11 is 0. The topological polar surface area (TPSA) is 49.9 Å². The minimum Gasteiger partial charge on any atom is -0.369 e. The van der Waals surface area contributed by atoms with Gasteiger partial charge in [0.2, 0.25) is 5.91 Å². The van der Waals surface area contributed by atoms with Crippen LogP contribution >= 0.6 is 0 Å². The first kappa shape index (κ1) is 16.8. The van der Waals surface area contributed by atoms with E-state index in [9.17, 15) is 18.4 Å². The van der Waals surface area contributed by atoms with Gasteiger partial charge in [-0.3, -0.25) is 9.59 Å². The summed E-state index contributed by atoms with van der Waals surface area (Å²) in [5.41, 5.74) is 0.532. The molecule has 2 fully saturated rings. The van der Waals surface area contributed by atoms with Crippen molar-refractivity contribution in [1.29, 1.82) is 0 Å². The first-order valence-corrected chi connectivity index (χ1v) is 8.12. The second-order valence-electron chi connectivity index (χ2n) is 6.05. The van der Waals surface area contributed by atoms with Crippen LogP contribution in [0, 0.1) is 0 Å². The zero-order chi connectivity index (χ0) is 17.1. The minimum absolute atomic E-state index is 0.0973. The Labute approximate surface area is 139 Å². The highest BCUT2D eigenvalue weighted by Gasteiger charge is 2.39. The summed E-state index contributed by atoms with van der Waals surface area (Å²) in [7, 11) is 0. The molecule has 7 heteroatoms. The standard InChI is InChI=1S/C17H20F2N2O3/c18-15(19)14-11-20(9-10-24-14)17(23)13-7-4-8-21(13)16(22)12-5-2-1-3-6-12/h1-3,5-6,13-15H,4,7-11H2/t13-,14-/m1/s1. The lowest BCUT2D eigenvalue weighted by atomic mass is 10.1. The van der Waals surface area contributed by atoms with E-state index in [0.29, 0.717) is 18.5 Å². The number of halogens is 2. The van der Waals surface area contributed by atoms with Gasteiger partial charge in [-0.25, -0.2) is 8.78 Å². The SMILES string of the molecule is O=C([C@H]1CCCN1C(=O)c1ccccc1)N1CCO[C@@H](C(F)F)C1. The molecule has 24 heavy (non-hydrogen) atoms. The molecule has 1 aromatic rings. The number of hydrogen-bond acceptors (Lipinski definition) is 3. The van der Waals surface area contributed by atoms with Crippen molar-refractivity contribution < 1.29 is 23.1 Å². The normalized spacial score (nSPS) is 24.5. The van der Waals surface area contributed by atoms with Gasteiger partial charge in [-0.2, -0.15) is 0 Å². The molecule has 2 heterocycles. The predicted molar refractivity (Wildman–Crippen MR) is 82.8 cm³/mol. The molecule has 5 nitrogen and oxygen atoms in total. The van der Waals surface area contributed by atoms with Crippen LogP contribution in [0.2, 0.25) is 0 Å². The van der Waals surface area contributed by atoms with Crippen molar-refractivity contribution in [3.05, 3.63) is 35.9 Å². The predicted octanol–water partition coefficient (Wildman–Crippen LogP) is 1.78. The molecule has 0 radical (unpaired) electrons. The molecule has 2 saturated heterocycles. The molecule has 0 aromatic heterocycles. The average Bonchev–Trinajstić information content (AvgIpc) is 3.11. The van der Waals surface area contributed by atoms with Gasteiger partial charge in [-0.05, 0) is 25.0 Å². The number of ether oxygens (including phenoxy) is 1. The number of nitrogens with zero attached hydrogens (tertiary/aromatic N) is 2. The summed E-state index contributed by atoms with van der Waals surface area (Å²) in [6, 6.07) is 8.22. The van der Waals surface area contributed by atoms with Gasteiger partial charge < -0.3 is 14.5 Å². The molecular weight excluding hydrogens is 318 g/mol. The number of alkyl halides is 2. The van der Waals surface area contributed by atoms with Gasteiger partial charge in [0.25, 0.3) is 12.3 Å². The zero-order valence-electron chi connectivity index (χ0n) is 13.2. The highest BCUT2D eigenvalue weighted by Crippen LogP contribution is 2.23. The van der Waals surface area contributed by atoms with E-state index >= 15 is 0 Å². The van der Waals surface area contributed by atoms with Crippen LogP contribution in [0.1, 0.15) is 23.2 Å². The Hall–Kier alpha value is -2.02. The highest BCUT2D eigenvalue weighted by atomic mass is 19.3. The van der Waals surface area contributed by atoms with E-state index in [1.807, 2.05) is 6.07 Å². The zero-order valence-corrected chi connectivity index (χ0v) is 13.2. The summed E-state index contributed by atoms with van der Waals surface area (Å²) in [6.45, 7) is 0.763. The monoisotopic (exact) mass is 338 g/mol. The third-order valence-corrected chi connectivity index (χ3v) is 4.51. The number of amides is 2. The molecule has 2 atom stereocenters. The Kier molecular flexibility index (Phi) is 5.08. The van der Waals surface area contributed by atoms with Crippen molar-refractivity contribution in [3.8, 4) is 0 Å². The second kappa shape index (κ2) is 7.25. The molecule has 130 valence electrons. The van der Waals surface area contributed by atoms with Crippen molar-refractivity contribution in [1.82, 2.24) is 9.80 Å². The molecule has 0 bridgehead atoms. The van der Waals surface area contributed by atoms with Gasteiger partial charge in [-0.15, -0.1) is 0 Å². The average molecular weight is 338 g/mol. The number of morpholine rings is 1. The van der Waals surface area contributed by atoms with Crippen LogP contribution in [-0.2, 0) is 9.53 Å². The van der Waals surface area contributed by atoms with Crippen LogP contribution in [0.5, 0.6) is 0 Å². The molecule has 2 aliphatic heterocycles. The van der Waals surface area contributed by atoms with Gasteiger partial charge in [0.1, 0.15) is 12.1 Å². The molecule has 0 N–H and O–H groups in total. The van der Waals surface area contributed by atoms with Gasteiger partial charge >= 0.3 is 0 Å². The summed E-state index contributed by atoms with van der Waals surface area (Å²) in [5.74, 6) is -0.448. The van der Waals surface area contributed by atoms with E-state index in [-0.39, 0.29) is 31.5 Å².